The first-order chi connectivity index (χ1) is 12.2. The lowest BCUT2D eigenvalue weighted by Gasteiger charge is -2.12. The molecular weight excluding hydrogens is 360 g/mol. The second-order valence-corrected chi connectivity index (χ2v) is 7.53. The van der Waals surface area contributed by atoms with E-state index >= 15 is 0 Å². The van der Waals surface area contributed by atoms with Crippen LogP contribution in [0.4, 0.5) is 0 Å². The SMILES string of the molecule is COC(=O)CCc1cc(C(C)=O)ccc1OCCCCCOS(C)(=O)=O. The zero-order valence-electron chi connectivity index (χ0n) is 15.4. The molecule has 0 spiro atoms. The van der Waals surface area contributed by atoms with Gasteiger partial charge in [0, 0.05) is 12.0 Å². The molecule has 0 bridgehead atoms. The molecule has 26 heavy (non-hydrogen) atoms. The Hall–Kier alpha value is -1.93. The summed E-state index contributed by atoms with van der Waals surface area (Å²) in [6, 6.07) is 5.16. The highest BCUT2D eigenvalue weighted by Crippen LogP contribution is 2.23. The van der Waals surface area contributed by atoms with Gasteiger partial charge in [-0.3, -0.25) is 13.8 Å². The molecule has 0 unspecified atom stereocenters. The third-order valence-electron chi connectivity index (χ3n) is 3.64. The van der Waals surface area contributed by atoms with Crippen LogP contribution in [0.1, 0.15) is 48.5 Å². The Bertz CT molecular complexity index is 710. The van der Waals surface area contributed by atoms with E-state index in [0.29, 0.717) is 30.8 Å². The Balaban J connectivity index is 2.53. The largest absolute Gasteiger partial charge is 0.493 e. The molecule has 0 saturated heterocycles. The van der Waals surface area contributed by atoms with E-state index in [0.717, 1.165) is 24.7 Å². The Morgan fingerprint density at radius 1 is 1.08 bits per heavy atom. The number of carbonyl (C=O) groups excluding carboxylic acids is 2. The fraction of sp³-hybridized carbons (Fsp3) is 0.556. The highest BCUT2D eigenvalue weighted by Gasteiger charge is 2.10. The van der Waals surface area contributed by atoms with Crippen LogP contribution in [0, 0.1) is 0 Å². The van der Waals surface area contributed by atoms with Crippen LogP contribution in [-0.4, -0.2) is 46.7 Å². The molecule has 0 aliphatic rings. The Morgan fingerprint density at radius 3 is 2.38 bits per heavy atom. The topological polar surface area (TPSA) is 96.0 Å². The number of benzene rings is 1. The molecule has 0 saturated carbocycles. The number of hydrogen-bond donors (Lipinski definition) is 0. The second-order valence-electron chi connectivity index (χ2n) is 5.89. The highest BCUT2D eigenvalue weighted by atomic mass is 32.2. The quantitative estimate of drug-likeness (QED) is 0.236. The van der Waals surface area contributed by atoms with Crippen molar-refractivity contribution in [2.45, 2.75) is 39.0 Å². The number of Topliss-reactive ketones (excluding diaryl/α,β-unsaturated/α-hetero) is 1. The van der Waals surface area contributed by atoms with E-state index in [9.17, 15) is 18.0 Å². The lowest BCUT2D eigenvalue weighted by Crippen LogP contribution is -2.07. The molecule has 0 aliphatic carbocycles. The number of unbranched alkanes of at least 4 members (excludes halogenated alkanes) is 2. The van der Waals surface area contributed by atoms with E-state index in [4.69, 9.17) is 4.74 Å². The van der Waals surface area contributed by atoms with Crippen molar-refractivity contribution in [2.24, 2.45) is 0 Å². The van der Waals surface area contributed by atoms with Gasteiger partial charge in [-0.25, -0.2) is 0 Å². The number of ether oxygens (including phenoxy) is 2. The molecular formula is C18H26O7S. The molecule has 8 heteroatoms. The molecule has 0 atom stereocenters. The molecule has 0 heterocycles. The van der Waals surface area contributed by atoms with Crippen molar-refractivity contribution in [3.05, 3.63) is 29.3 Å². The molecule has 146 valence electrons. The summed E-state index contributed by atoms with van der Waals surface area (Å²) in [6.45, 7) is 2.10. The van der Waals surface area contributed by atoms with Crippen molar-refractivity contribution in [1.82, 2.24) is 0 Å². The number of esters is 1. The summed E-state index contributed by atoms with van der Waals surface area (Å²) >= 11 is 0. The van der Waals surface area contributed by atoms with Gasteiger partial charge < -0.3 is 9.47 Å². The molecule has 0 radical (unpaired) electrons. The summed E-state index contributed by atoms with van der Waals surface area (Å²) in [5, 5.41) is 0. The number of aryl methyl sites for hydroxylation is 1. The second kappa shape index (κ2) is 10.9. The summed E-state index contributed by atoms with van der Waals surface area (Å²) in [5.41, 5.74) is 1.35. The molecule has 0 aromatic heterocycles. The van der Waals surface area contributed by atoms with E-state index in [2.05, 4.69) is 8.92 Å². The molecule has 1 aromatic carbocycles. The lowest BCUT2D eigenvalue weighted by molar-refractivity contribution is -0.140. The number of ketones is 1. The van der Waals surface area contributed by atoms with Crippen LogP contribution in [0.3, 0.4) is 0 Å². The van der Waals surface area contributed by atoms with E-state index in [1.807, 2.05) is 0 Å². The molecule has 1 aromatic rings. The standard InChI is InChI=1S/C18H26O7S/c1-14(19)15-7-9-17(16(13-15)8-10-18(20)23-2)24-11-5-4-6-12-25-26(3,21)22/h7,9,13H,4-6,8,10-12H2,1-3H3. The number of carbonyl (C=O) groups is 2. The zero-order chi connectivity index (χ0) is 19.6. The minimum absolute atomic E-state index is 0.0539. The number of hydrogen-bond acceptors (Lipinski definition) is 7. The smallest absolute Gasteiger partial charge is 0.305 e. The van der Waals surface area contributed by atoms with Gasteiger partial charge >= 0.3 is 5.97 Å². The minimum atomic E-state index is -3.39. The van der Waals surface area contributed by atoms with Crippen molar-refractivity contribution in [1.29, 1.82) is 0 Å². The third kappa shape index (κ3) is 8.96. The first kappa shape index (κ1) is 22.1. The first-order valence-corrected chi connectivity index (χ1v) is 10.2. The molecule has 0 N–H and O–H groups in total. The minimum Gasteiger partial charge on any atom is -0.493 e. The van der Waals surface area contributed by atoms with Crippen LogP contribution in [-0.2, 0) is 30.3 Å². The first-order valence-electron chi connectivity index (χ1n) is 8.41. The van der Waals surface area contributed by atoms with E-state index < -0.39 is 10.1 Å². The van der Waals surface area contributed by atoms with Crippen LogP contribution in [0.25, 0.3) is 0 Å². The normalized spacial score (nSPS) is 11.2. The Kier molecular flexibility index (Phi) is 9.29. The van der Waals surface area contributed by atoms with Crippen molar-refractivity contribution in [3.8, 4) is 5.75 Å². The van der Waals surface area contributed by atoms with Crippen molar-refractivity contribution < 1.29 is 31.7 Å². The van der Waals surface area contributed by atoms with Crippen molar-refractivity contribution in [3.63, 3.8) is 0 Å². The van der Waals surface area contributed by atoms with Gasteiger partial charge in [-0.1, -0.05) is 0 Å². The maximum absolute atomic E-state index is 11.5. The Morgan fingerprint density at radius 2 is 1.77 bits per heavy atom. The van der Waals surface area contributed by atoms with Crippen LogP contribution < -0.4 is 4.74 Å². The predicted octanol–water partition coefficient (Wildman–Crippen LogP) is 2.52. The number of methoxy groups -OCH3 is 1. The Labute approximate surface area is 154 Å². The van der Waals surface area contributed by atoms with Gasteiger partial charge in [0.15, 0.2) is 5.78 Å². The third-order valence-corrected chi connectivity index (χ3v) is 4.23. The van der Waals surface area contributed by atoms with Crippen LogP contribution in [0.5, 0.6) is 5.75 Å². The van der Waals surface area contributed by atoms with Crippen molar-refractivity contribution >= 4 is 21.9 Å². The monoisotopic (exact) mass is 386 g/mol. The van der Waals surface area contributed by atoms with Crippen LogP contribution >= 0.6 is 0 Å². The molecule has 0 fully saturated rings. The fourth-order valence-electron chi connectivity index (χ4n) is 2.25. The fourth-order valence-corrected chi connectivity index (χ4v) is 2.67. The van der Waals surface area contributed by atoms with Gasteiger partial charge in [-0.05, 0) is 56.4 Å². The van der Waals surface area contributed by atoms with Gasteiger partial charge in [0.25, 0.3) is 10.1 Å². The summed E-state index contributed by atoms with van der Waals surface area (Å²) in [7, 11) is -2.06. The average Bonchev–Trinajstić information content (AvgIpc) is 2.58. The molecule has 7 nitrogen and oxygen atoms in total. The highest BCUT2D eigenvalue weighted by molar-refractivity contribution is 7.85. The number of rotatable bonds is 12. The lowest BCUT2D eigenvalue weighted by atomic mass is 10.0. The van der Waals surface area contributed by atoms with Gasteiger partial charge in [-0.15, -0.1) is 0 Å². The summed E-state index contributed by atoms with van der Waals surface area (Å²) < 4.78 is 36.8. The van der Waals surface area contributed by atoms with Crippen molar-refractivity contribution in [2.75, 3.05) is 26.6 Å². The zero-order valence-corrected chi connectivity index (χ0v) is 16.3. The van der Waals surface area contributed by atoms with E-state index in [1.165, 1.54) is 14.0 Å². The summed E-state index contributed by atoms with van der Waals surface area (Å²) in [6.07, 6.45) is 3.77. The molecule has 1 rings (SSSR count). The average molecular weight is 386 g/mol. The predicted molar refractivity (Wildman–Crippen MR) is 96.9 cm³/mol. The van der Waals surface area contributed by atoms with Gasteiger partial charge in [0.2, 0.25) is 0 Å². The summed E-state index contributed by atoms with van der Waals surface area (Å²) in [5.74, 6) is 0.253. The van der Waals surface area contributed by atoms with E-state index in [-0.39, 0.29) is 24.8 Å². The van der Waals surface area contributed by atoms with Gasteiger partial charge in [-0.2, -0.15) is 8.42 Å². The van der Waals surface area contributed by atoms with Gasteiger partial charge in [0.05, 0.1) is 26.6 Å². The maximum atomic E-state index is 11.5. The van der Waals surface area contributed by atoms with Gasteiger partial charge in [0.1, 0.15) is 5.75 Å². The van der Waals surface area contributed by atoms with E-state index in [1.54, 1.807) is 18.2 Å². The van der Waals surface area contributed by atoms with Crippen LogP contribution in [0.15, 0.2) is 18.2 Å². The maximum Gasteiger partial charge on any atom is 0.305 e. The summed E-state index contributed by atoms with van der Waals surface area (Å²) in [4.78, 5) is 22.9. The molecule has 0 aliphatic heterocycles. The molecule has 0 amide bonds. The van der Waals surface area contributed by atoms with Crippen LogP contribution in [0.2, 0.25) is 0 Å².